The zero-order valence-corrected chi connectivity index (χ0v) is 10.8. The number of carboxylic acid groups (broad SMARTS) is 1. The molecule has 0 aliphatic carbocycles. The monoisotopic (exact) mass is 291 g/mol. The molecule has 0 saturated carbocycles. The highest BCUT2D eigenvalue weighted by Gasteiger charge is 2.12. The van der Waals surface area contributed by atoms with Gasteiger partial charge in [-0.2, -0.15) is 0 Å². The van der Waals surface area contributed by atoms with E-state index in [0.717, 1.165) is 18.2 Å². The van der Waals surface area contributed by atoms with E-state index in [0.29, 0.717) is 5.56 Å². The van der Waals surface area contributed by atoms with Gasteiger partial charge in [-0.3, -0.25) is 4.79 Å². The van der Waals surface area contributed by atoms with E-state index < -0.39 is 29.1 Å². The van der Waals surface area contributed by atoms with Crippen LogP contribution in [0.4, 0.5) is 8.78 Å². The van der Waals surface area contributed by atoms with Gasteiger partial charge in [0.25, 0.3) is 5.91 Å². The molecule has 0 unspecified atom stereocenters. The molecule has 1 amide bonds. The third-order valence-electron chi connectivity index (χ3n) is 2.80. The number of carboxylic acids is 1. The first-order valence-corrected chi connectivity index (χ1v) is 6.03. The third-order valence-corrected chi connectivity index (χ3v) is 2.80. The highest BCUT2D eigenvalue weighted by atomic mass is 19.1. The average Bonchev–Trinajstić information content (AvgIpc) is 2.47. The van der Waals surface area contributed by atoms with Gasteiger partial charge in [-0.1, -0.05) is 12.1 Å². The van der Waals surface area contributed by atoms with Crippen LogP contribution < -0.4 is 5.32 Å². The fourth-order valence-electron chi connectivity index (χ4n) is 1.76. The van der Waals surface area contributed by atoms with E-state index >= 15 is 0 Å². The summed E-state index contributed by atoms with van der Waals surface area (Å²) in [5.41, 5.74) is 0.225. The maximum atomic E-state index is 13.4. The Kier molecular flexibility index (Phi) is 4.27. The Labute approximate surface area is 119 Å². The molecule has 0 spiro atoms. The number of rotatable bonds is 4. The van der Waals surface area contributed by atoms with Gasteiger partial charge in [0.15, 0.2) is 0 Å². The molecule has 0 radical (unpaired) electrons. The molecular weight excluding hydrogens is 280 g/mol. The van der Waals surface area contributed by atoms with Gasteiger partial charge in [0.1, 0.15) is 11.6 Å². The Bertz CT molecular complexity index is 701. The maximum Gasteiger partial charge on any atom is 0.335 e. The van der Waals surface area contributed by atoms with Crippen molar-refractivity contribution in [3.05, 3.63) is 70.8 Å². The van der Waals surface area contributed by atoms with Crippen LogP contribution in [-0.2, 0) is 6.54 Å². The number of carbonyl (C=O) groups is 2. The van der Waals surface area contributed by atoms with Crippen molar-refractivity contribution in [3.63, 3.8) is 0 Å². The molecule has 0 aliphatic rings. The molecule has 0 bridgehead atoms. The molecule has 0 aliphatic heterocycles. The predicted molar refractivity (Wildman–Crippen MR) is 70.9 cm³/mol. The summed E-state index contributed by atoms with van der Waals surface area (Å²) in [7, 11) is 0. The summed E-state index contributed by atoms with van der Waals surface area (Å²) < 4.78 is 26.4. The van der Waals surface area contributed by atoms with Crippen molar-refractivity contribution < 1.29 is 23.5 Å². The molecule has 0 aromatic heterocycles. The number of nitrogens with one attached hydrogen (secondary N) is 1. The molecule has 2 aromatic carbocycles. The van der Waals surface area contributed by atoms with Crippen molar-refractivity contribution in [2.24, 2.45) is 0 Å². The van der Waals surface area contributed by atoms with Crippen LogP contribution in [0.3, 0.4) is 0 Å². The first-order valence-electron chi connectivity index (χ1n) is 6.03. The lowest BCUT2D eigenvalue weighted by atomic mass is 10.1. The Morgan fingerprint density at radius 1 is 1.10 bits per heavy atom. The van der Waals surface area contributed by atoms with Gasteiger partial charge in [-0.15, -0.1) is 0 Å². The first-order chi connectivity index (χ1) is 9.97. The quantitative estimate of drug-likeness (QED) is 0.910. The summed E-state index contributed by atoms with van der Waals surface area (Å²) in [6.07, 6.45) is 0. The number of amides is 1. The van der Waals surface area contributed by atoms with Crippen molar-refractivity contribution in [3.8, 4) is 0 Å². The van der Waals surface area contributed by atoms with Crippen molar-refractivity contribution in [1.82, 2.24) is 5.32 Å². The number of halogens is 2. The van der Waals surface area contributed by atoms with E-state index in [1.165, 1.54) is 18.2 Å². The van der Waals surface area contributed by atoms with Crippen molar-refractivity contribution in [2.45, 2.75) is 6.54 Å². The standard InChI is InChI=1S/C15H11F2NO3/c16-11-4-5-13(17)12(7-11)14(19)18-8-9-2-1-3-10(6-9)15(20)21/h1-7H,8H2,(H,18,19)(H,20,21). The summed E-state index contributed by atoms with van der Waals surface area (Å²) in [5.74, 6) is -3.39. The minimum atomic E-state index is -1.08. The van der Waals surface area contributed by atoms with Crippen LogP contribution in [0.2, 0.25) is 0 Å². The molecular formula is C15H11F2NO3. The fourth-order valence-corrected chi connectivity index (χ4v) is 1.76. The molecule has 0 atom stereocenters. The summed E-state index contributed by atoms with van der Waals surface area (Å²) in [6.45, 7) is 0.00983. The van der Waals surface area contributed by atoms with Crippen LogP contribution in [0.15, 0.2) is 42.5 Å². The molecule has 2 aromatic rings. The van der Waals surface area contributed by atoms with Crippen molar-refractivity contribution in [1.29, 1.82) is 0 Å². The zero-order valence-electron chi connectivity index (χ0n) is 10.8. The van der Waals surface area contributed by atoms with Crippen LogP contribution in [0.25, 0.3) is 0 Å². The van der Waals surface area contributed by atoms with Crippen LogP contribution in [0, 0.1) is 11.6 Å². The van der Waals surface area contributed by atoms with Crippen LogP contribution in [0.1, 0.15) is 26.3 Å². The molecule has 4 nitrogen and oxygen atoms in total. The lowest BCUT2D eigenvalue weighted by molar-refractivity contribution is 0.0696. The van der Waals surface area contributed by atoms with Crippen LogP contribution >= 0.6 is 0 Å². The van der Waals surface area contributed by atoms with E-state index in [2.05, 4.69) is 5.32 Å². The topological polar surface area (TPSA) is 66.4 Å². The second-order valence-electron chi connectivity index (χ2n) is 4.31. The molecule has 6 heteroatoms. The Balaban J connectivity index is 2.09. The lowest BCUT2D eigenvalue weighted by Crippen LogP contribution is -2.24. The number of benzene rings is 2. The van der Waals surface area contributed by atoms with Gasteiger partial charge in [0, 0.05) is 6.54 Å². The maximum absolute atomic E-state index is 13.4. The molecule has 2 rings (SSSR count). The minimum Gasteiger partial charge on any atom is -0.478 e. The van der Waals surface area contributed by atoms with E-state index in [-0.39, 0.29) is 12.1 Å². The SMILES string of the molecule is O=C(O)c1cccc(CNC(=O)c2cc(F)ccc2F)c1. The van der Waals surface area contributed by atoms with E-state index in [4.69, 9.17) is 5.11 Å². The first kappa shape index (κ1) is 14.6. The second-order valence-corrected chi connectivity index (χ2v) is 4.31. The molecule has 2 N–H and O–H groups in total. The summed E-state index contributed by atoms with van der Waals surface area (Å²) in [5, 5.41) is 11.3. The molecule has 108 valence electrons. The number of aromatic carboxylic acids is 1. The zero-order chi connectivity index (χ0) is 15.4. The molecule has 0 heterocycles. The van der Waals surface area contributed by atoms with Gasteiger partial charge in [-0.05, 0) is 35.9 Å². The largest absolute Gasteiger partial charge is 0.478 e. The highest BCUT2D eigenvalue weighted by molar-refractivity contribution is 5.94. The van der Waals surface area contributed by atoms with Crippen molar-refractivity contribution >= 4 is 11.9 Å². The van der Waals surface area contributed by atoms with Crippen molar-refractivity contribution in [2.75, 3.05) is 0 Å². The van der Waals surface area contributed by atoms with Gasteiger partial charge in [0.2, 0.25) is 0 Å². The van der Waals surface area contributed by atoms with E-state index in [1.54, 1.807) is 6.07 Å². The minimum absolute atomic E-state index is 0.00983. The molecule has 0 saturated heterocycles. The van der Waals surface area contributed by atoms with Gasteiger partial charge >= 0.3 is 5.97 Å². The van der Waals surface area contributed by atoms with Gasteiger partial charge < -0.3 is 10.4 Å². The van der Waals surface area contributed by atoms with Crippen LogP contribution in [-0.4, -0.2) is 17.0 Å². The lowest BCUT2D eigenvalue weighted by Gasteiger charge is -2.07. The van der Waals surface area contributed by atoms with E-state index in [9.17, 15) is 18.4 Å². The normalized spacial score (nSPS) is 10.2. The molecule has 0 fully saturated rings. The summed E-state index contributed by atoms with van der Waals surface area (Å²) in [4.78, 5) is 22.6. The summed E-state index contributed by atoms with van der Waals surface area (Å²) in [6, 6.07) is 8.56. The Morgan fingerprint density at radius 3 is 2.57 bits per heavy atom. The number of carbonyl (C=O) groups excluding carboxylic acids is 1. The van der Waals surface area contributed by atoms with Gasteiger partial charge in [0.05, 0.1) is 11.1 Å². The Hall–Kier alpha value is -2.76. The second kappa shape index (κ2) is 6.13. The molecule has 21 heavy (non-hydrogen) atoms. The van der Waals surface area contributed by atoms with Gasteiger partial charge in [-0.25, -0.2) is 13.6 Å². The highest BCUT2D eigenvalue weighted by Crippen LogP contribution is 2.10. The van der Waals surface area contributed by atoms with Crippen LogP contribution in [0.5, 0.6) is 0 Å². The summed E-state index contributed by atoms with van der Waals surface area (Å²) >= 11 is 0. The average molecular weight is 291 g/mol. The smallest absolute Gasteiger partial charge is 0.335 e. The Morgan fingerprint density at radius 2 is 1.86 bits per heavy atom. The predicted octanol–water partition coefficient (Wildman–Crippen LogP) is 2.59. The number of hydrogen-bond donors (Lipinski definition) is 2. The fraction of sp³-hybridized carbons (Fsp3) is 0.0667. The van der Waals surface area contributed by atoms with E-state index in [1.807, 2.05) is 0 Å². The number of hydrogen-bond acceptors (Lipinski definition) is 2. The third kappa shape index (κ3) is 3.62.